The number of rotatable bonds is 9. The quantitative estimate of drug-likeness (QED) is 0.596. The van der Waals surface area contributed by atoms with Crippen LogP contribution in [0.4, 0.5) is 4.39 Å². The van der Waals surface area contributed by atoms with Gasteiger partial charge >= 0.3 is 0 Å². The van der Waals surface area contributed by atoms with Crippen LogP contribution >= 0.6 is 0 Å². The third kappa shape index (κ3) is 5.93. The second kappa shape index (κ2) is 10.4. The molecule has 1 heterocycles. The summed E-state index contributed by atoms with van der Waals surface area (Å²) < 4.78 is 19.1. The van der Waals surface area contributed by atoms with Gasteiger partial charge in [0.2, 0.25) is 0 Å². The number of furan rings is 1. The van der Waals surface area contributed by atoms with Crippen LogP contribution < -0.4 is 5.32 Å². The summed E-state index contributed by atoms with van der Waals surface area (Å²) in [6.07, 6.45) is 8.14. The summed E-state index contributed by atoms with van der Waals surface area (Å²) >= 11 is 0. The zero-order valence-corrected chi connectivity index (χ0v) is 16.8. The van der Waals surface area contributed by atoms with Gasteiger partial charge in [-0.2, -0.15) is 0 Å². The molecule has 2 aromatic rings. The van der Waals surface area contributed by atoms with E-state index in [1.54, 1.807) is 6.07 Å². The molecule has 3 rings (SSSR count). The smallest absolute Gasteiger partial charge is 0.286 e. The molecule has 1 saturated carbocycles. The Bertz CT molecular complexity index is 735. The van der Waals surface area contributed by atoms with Crippen LogP contribution in [-0.4, -0.2) is 23.4 Å². The molecule has 4 nitrogen and oxygen atoms in total. The molecule has 0 spiro atoms. The fourth-order valence-corrected chi connectivity index (χ4v) is 3.84. The average molecular weight is 387 g/mol. The molecule has 152 valence electrons. The van der Waals surface area contributed by atoms with Crippen molar-refractivity contribution in [3.8, 4) is 0 Å². The minimum Gasteiger partial charge on any atom is -0.455 e. The number of amides is 1. The standard InChI is InChI=1S/C23H31FN2O2/c1-2-3-15-25-23(27)22-14-13-21(28-22)17-26(20-7-5-4-6-8-20)16-18-9-11-19(24)12-10-18/h9-14,20H,2-8,15-17H2,1H3,(H,25,27). The molecule has 0 atom stereocenters. The van der Waals surface area contributed by atoms with Crippen LogP contribution in [0.2, 0.25) is 0 Å². The van der Waals surface area contributed by atoms with Crippen molar-refractivity contribution >= 4 is 5.91 Å². The number of nitrogens with one attached hydrogen (secondary N) is 1. The van der Waals surface area contributed by atoms with Gasteiger partial charge < -0.3 is 9.73 Å². The Hall–Kier alpha value is -2.14. The van der Waals surface area contributed by atoms with E-state index < -0.39 is 0 Å². The maximum atomic E-state index is 13.2. The van der Waals surface area contributed by atoms with Crippen LogP contribution in [0.1, 0.15) is 73.7 Å². The summed E-state index contributed by atoms with van der Waals surface area (Å²) in [7, 11) is 0. The van der Waals surface area contributed by atoms with E-state index in [4.69, 9.17) is 4.42 Å². The number of hydrogen-bond acceptors (Lipinski definition) is 3. The van der Waals surface area contributed by atoms with E-state index in [1.165, 1.54) is 44.2 Å². The van der Waals surface area contributed by atoms with Crippen molar-refractivity contribution in [1.29, 1.82) is 0 Å². The molecule has 1 aromatic carbocycles. The maximum absolute atomic E-state index is 13.2. The van der Waals surface area contributed by atoms with Gasteiger partial charge in [-0.25, -0.2) is 4.39 Å². The second-order valence-electron chi connectivity index (χ2n) is 7.70. The monoisotopic (exact) mass is 386 g/mol. The number of carbonyl (C=O) groups excluding carboxylic acids is 1. The third-order valence-corrected chi connectivity index (χ3v) is 5.45. The van der Waals surface area contributed by atoms with E-state index in [0.29, 0.717) is 24.9 Å². The van der Waals surface area contributed by atoms with Crippen LogP contribution in [-0.2, 0) is 13.1 Å². The van der Waals surface area contributed by atoms with Crippen molar-refractivity contribution in [1.82, 2.24) is 10.2 Å². The highest BCUT2D eigenvalue weighted by atomic mass is 19.1. The Kier molecular flexibility index (Phi) is 7.66. The number of hydrogen-bond donors (Lipinski definition) is 1. The summed E-state index contributed by atoms with van der Waals surface area (Å²) in [6.45, 7) is 4.18. The highest BCUT2D eigenvalue weighted by Gasteiger charge is 2.23. The molecular weight excluding hydrogens is 355 g/mol. The van der Waals surface area contributed by atoms with Gasteiger partial charge in [0, 0.05) is 19.1 Å². The summed E-state index contributed by atoms with van der Waals surface area (Å²) in [4.78, 5) is 14.6. The zero-order valence-electron chi connectivity index (χ0n) is 16.8. The van der Waals surface area contributed by atoms with Crippen LogP contribution in [0.5, 0.6) is 0 Å². The predicted octanol–water partition coefficient (Wildman–Crippen LogP) is 5.28. The Morgan fingerprint density at radius 1 is 1.11 bits per heavy atom. The molecule has 0 bridgehead atoms. The van der Waals surface area contributed by atoms with Crippen molar-refractivity contribution < 1.29 is 13.6 Å². The van der Waals surface area contributed by atoms with Crippen LogP contribution in [0.25, 0.3) is 0 Å². The zero-order chi connectivity index (χ0) is 19.8. The molecule has 1 aliphatic carbocycles. The summed E-state index contributed by atoms with van der Waals surface area (Å²) in [5, 5.41) is 2.89. The first-order valence-electron chi connectivity index (χ1n) is 10.5. The SMILES string of the molecule is CCCCNC(=O)c1ccc(CN(Cc2ccc(F)cc2)C2CCCCC2)o1. The highest BCUT2D eigenvalue weighted by molar-refractivity contribution is 5.91. The lowest BCUT2D eigenvalue weighted by molar-refractivity contribution is 0.0915. The van der Waals surface area contributed by atoms with Gasteiger partial charge in [0.05, 0.1) is 6.54 Å². The average Bonchev–Trinajstić information content (AvgIpc) is 3.19. The largest absolute Gasteiger partial charge is 0.455 e. The molecule has 0 aliphatic heterocycles. The minimum absolute atomic E-state index is 0.151. The van der Waals surface area contributed by atoms with Crippen molar-refractivity contribution in [3.63, 3.8) is 0 Å². The van der Waals surface area contributed by atoms with Crippen LogP contribution in [0, 0.1) is 5.82 Å². The van der Waals surface area contributed by atoms with Crippen molar-refractivity contribution in [2.75, 3.05) is 6.54 Å². The molecule has 1 N–H and O–H groups in total. The molecule has 1 aliphatic rings. The number of halogens is 1. The molecule has 1 fully saturated rings. The summed E-state index contributed by atoms with van der Waals surface area (Å²) in [5.41, 5.74) is 1.09. The Morgan fingerprint density at radius 3 is 2.57 bits per heavy atom. The molecule has 0 unspecified atom stereocenters. The van der Waals surface area contributed by atoms with Crippen molar-refractivity contribution in [2.24, 2.45) is 0 Å². The number of unbranched alkanes of at least 4 members (excludes halogenated alkanes) is 1. The Labute approximate surface area is 167 Å². The van der Waals surface area contributed by atoms with Gasteiger partial charge in [0.1, 0.15) is 11.6 Å². The van der Waals surface area contributed by atoms with Crippen molar-refractivity contribution in [2.45, 2.75) is 71.0 Å². The molecule has 1 aromatic heterocycles. The van der Waals surface area contributed by atoms with E-state index >= 15 is 0 Å². The van der Waals surface area contributed by atoms with Gasteiger partial charge in [-0.15, -0.1) is 0 Å². The topological polar surface area (TPSA) is 45.5 Å². The van der Waals surface area contributed by atoms with Gasteiger partial charge in [-0.05, 0) is 49.1 Å². The molecule has 1 amide bonds. The second-order valence-corrected chi connectivity index (χ2v) is 7.70. The van der Waals surface area contributed by atoms with E-state index in [-0.39, 0.29) is 11.7 Å². The van der Waals surface area contributed by atoms with Crippen molar-refractivity contribution in [3.05, 3.63) is 59.3 Å². The first kappa shape index (κ1) is 20.6. The predicted molar refractivity (Wildman–Crippen MR) is 108 cm³/mol. The van der Waals surface area contributed by atoms with Gasteiger partial charge in [-0.1, -0.05) is 44.7 Å². The first-order chi connectivity index (χ1) is 13.7. The lowest BCUT2D eigenvalue weighted by Gasteiger charge is -2.34. The number of benzene rings is 1. The normalized spacial score (nSPS) is 15.1. The van der Waals surface area contributed by atoms with Gasteiger partial charge in [-0.3, -0.25) is 9.69 Å². The summed E-state index contributed by atoms with van der Waals surface area (Å²) in [5.74, 6) is 0.810. The fourth-order valence-electron chi connectivity index (χ4n) is 3.84. The molecule has 0 radical (unpaired) electrons. The van der Waals surface area contributed by atoms with Crippen LogP contribution in [0.3, 0.4) is 0 Å². The van der Waals surface area contributed by atoms with E-state index in [2.05, 4.69) is 17.1 Å². The highest BCUT2D eigenvalue weighted by Crippen LogP contribution is 2.26. The fraction of sp³-hybridized carbons (Fsp3) is 0.522. The summed E-state index contributed by atoms with van der Waals surface area (Å²) in [6, 6.07) is 10.9. The minimum atomic E-state index is -0.210. The molecule has 5 heteroatoms. The molecular formula is C23H31FN2O2. The van der Waals surface area contributed by atoms with Gasteiger partial charge in [0.15, 0.2) is 5.76 Å². The molecule has 0 saturated heterocycles. The Balaban J connectivity index is 1.66. The maximum Gasteiger partial charge on any atom is 0.286 e. The van der Waals surface area contributed by atoms with Crippen LogP contribution in [0.15, 0.2) is 40.8 Å². The van der Waals surface area contributed by atoms with E-state index in [0.717, 1.165) is 30.7 Å². The van der Waals surface area contributed by atoms with E-state index in [1.807, 2.05) is 18.2 Å². The number of nitrogens with zero attached hydrogens (tertiary/aromatic N) is 1. The molecule has 28 heavy (non-hydrogen) atoms. The lowest BCUT2D eigenvalue weighted by atomic mass is 9.93. The third-order valence-electron chi connectivity index (χ3n) is 5.45. The Morgan fingerprint density at radius 2 is 1.86 bits per heavy atom. The first-order valence-corrected chi connectivity index (χ1v) is 10.5. The van der Waals surface area contributed by atoms with E-state index in [9.17, 15) is 9.18 Å². The lowest BCUT2D eigenvalue weighted by Crippen LogP contribution is -2.35. The van der Waals surface area contributed by atoms with Gasteiger partial charge in [0.25, 0.3) is 5.91 Å². The number of carbonyl (C=O) groups is 1.